The molecule has 0 fully saturated rings. The average Bonchev–Trinajstić information content (AvgIpc) is 2.66. The van der Waals surface area contributed by atoms with Crippen LogP contribution in [0, 0.1) is 0 Å². The van der Waals surface area contributed by atoms with Crippen molar-refractivity contribution >= 4 is 28.2 Å². The number of aromatic nitrogens is 2. The molecule has 3 aromatic rings. The number of fused-ring (bicyclic) bond motifs is 1. The fourth-order valence-corrected chi connectivity index (χ4v) is 2.90. The van der Waals surface area contributed by atoms with E-state index in [0.29, 0.717) is 16.6 Å². The highest BCUT2D eigenvalue weighted by Crippen LogP contribution is 2.34. The number of benzene rings is 2. The molecule has 1 amide bonds. The second-order valence-corrected chi connectivity index (χ2v) is 6.68. The molecule has 0 aliphatic rings. The number of hydrogen-bond donors (Lipinski definition) is 1. The molecule has 0 atom stereocenters. The van der Waals surface area contributed by atoms with E-state index in [9.17, 15) is 22.8 Å². The summed E-state index contributed by atoms with van der Waals surface area (Å²) in [6, 6.07) is 10.0. The van der Waals surface area contributed by atoms with Gasteiger partial charge >= 0.3 is 6.18 Å². The summed E-state index contributed by atoms with van der Waals surface area (Å²) in [7, 11) is 3.33. The van der Waals surface area contributed by atoms with E-state index in [0.717, 1.165) is 12.1 Å². The van der Waals surface area contributed by atoms with E-state index < -0.39 is 17.6 Å². The van der Waals surface area contributed by atoms with Crippen molar-refractivity contribution in [1.82, 2.24) is 9.55 Å². The van der Waals surface area contributed by atoms with Gasteiger partial charge in [0.1, 0.15) is 0 Å². The Hall–Kier alpha value is -3.36. The molecule has 29 heavy (non-hydrogen) atoms. The molecule has 6 nitrogen and oxygen atoms in total. The van der Waals surface area contributed by atoms with E-state index in [2.05, 4.69) is 10.3 Å². The largest absolute Gasteiger partial charge is 0.416 e. The molecule has 0 saturated carbocycles. The molecule has 1 aromatic heterocycles. The average molecular weight is 404 g/mol. The van der Waals surface area contributed by atoms with Crippen molar-refractivity contribution in [3.63, 3.8) is 0 Å². The van der Waals surface area contributed by atoms with Crippen LogP contribution in [0.15, 0.2) is 53.6 Å². The van der Waals surface area contributed by atoms with Gasteiger partial charge in [-0.1, -0.05) is 12.1 Å². The van der Waals surface area contributed by atoms with Gasteiger partial charge in [-0.25, -0.2) is 4.98 Å². The summed E-state index contributed by atoms with van der Waals surface area (Å²) in [5.41, 5.74) is -0.0858. The first-order valence-electron chi connectivity index (χ1n) is 8.79. The maximum atomic E-state index is 13.0. The van der Waals surface area contributed by atoms with Crippen molar-refractivity contribution in [3.8, 4) is 0 Å². The van der Waals surface area contributed by atoms with Gasteiger partial charge in [0.2, 0.25) is 5.91 Å². The molecule has 9 heteroatoms. The summed E-state index contributed by atoms with van der Waals surface area (Å²) in [6.07, 6.45) is -3.26. The molecule has 0 unspecified atom stereocenters. The number of rotatable bonds is 5. The number of hydrogen-bond acceptors (Lipinski definition) is 4. The van der Waals surface area contributed by atoms with Crippen LogP contribution in [0.1, 0.15) is 12.0 Å². The third-order valence-corrected chi connectivity index (χ3v) is 4.39. The zero-order valence-electron chi connectivity index (χ0n) is 15.8. The van der Waals surface area contributed by atoms with Gasteiger partial charge in [-0.05, 0) is 30.3 Å². The Morgan fingerprint density at radius 1 is 1.17 bits per heavy atom. The summed E-state index contributed by atoms with van der Waals surface area (Å²) in [5.74, 6) is -0.507. The van der Waals surface area contributed by atoms with E-state index >= 15 is 0 Å². The van der Waals surface area contributed by atoms with Gasteiger partial charge in [-0.15, -0.1) is 0 Å². The van der Waals surface area contributed by atoms with Gasteiger partial charge in [0, 0.05) is 27.1 Å². The molecule has 0 bridgehead atoms. The number of carbonyl (C=O) groups is 1. The van der Waals surface area contributed by atoms with Gasteiger partial charge in [-0.2, -0.15) is 13.2 Å². The summed E-state index contributed by atoms with van der Waals surface area (Å²) in [5, 5.41) is 2.95. The smallest absolute Gasteiger partial charge is 0.376 e. The lowest BCUT2D eigenvalue weighted by atomic mass is 10.1. The molecule has 0 aliphatic carbocycles. The molecular weight excluding hydrogens is 385 g/mol. The molecule has 0 spiro atoms. The minimum atomic E-state index is -4.52. The second kappa shape index (κ2) is 7.94. The fraction of sp³-hybridized carbons (Fsp3) is 0.250. The first-order chi connectivity index (χ1) is 13.7. The van der Waals surface area contributed by atoms with Gasteiger partial charge < -0.3 is 10.2 Å². The number of amides is 1. The topological polar surface area (TPSA) is 67.2 Å². The van der Waals surface area contributed by atoms with Crippen LogP contribution in [0.2, 0.25) is 0 Å². The molecule has 3 rings (SSSR count). The van der Waals surface area contributed by atoms with Crippen molar-refractivity contribution in [2.24, 2.45) is 0 Å². The highest BCUT2D eigenvalue weighted by Gasteiger charge is 2.31. The van der Waals surface area contributed by atoms with Crippen LogP contribution in [-0.4, -0.2) is 29.6 Å². The highest BCUT2D eigenvalue weighted by molar-refractivity contribution is 5.94. The van der Waals surface area contributed by atoms with Crippen molar-refractivity contribution in [2.75, 3.05) is 24.3 Å². The third-order valence-electron chi connectivity index (χ3n) is 4.39. The van der Waals surface area contributed by atoms with E-state index in [1.807, 2.05) is 0 Å². The Bertz CT molecular complexity index is 1110. The lowest BCUT2D eigenvalue weighted by molar-refractivity contribution is -0.137. The van der Waals surface area contributed by atoms with Crippen molar-refractivity contribution in [1.29, 1.82) is 0 Å². The third kappa shape index (κ3) is 4.56. The Morgan fingerprint density at radius 2 is 1.90 bits per heavy atom. The number of aryl methyl sites for hydroxylation is 1. The van der Waals surface area contributed by atoms with Crippen LogP contribution in [0.4, 0.5) is 24.5 Å². The zero-order valence-corrected chi connectivity index (χ0v) is 15.8. The molecule has 0 radical (unpaired) electrons. The SMILES string of the molecule is CN(C)c1ccc(C(F)(F)F)cc1NC(=O)CCn1cnc2ccccc2c1=O. The van der Waals surface area contributed by atoms with Gasteiger partial charge in [0.25, 0.3) is 5.56 Å². The summed E-state index contributed by atoms with van der Waals surface area (Å²) in [6.45, 7) is 0.0543. The van der Waals surface area contributed by atoms with Crippen LogP contribution in [0.25, 0.3) is 10.9 Å². The summed E-state index contributed by atoms with van der Waals surface area (Å²) < 4.78 is 40.3. The first kappa shape index (κ1) is 20.4. The zero-order chi connectivity index (χ0) is 21.2. The van der Waals surface area contributed by atoms with E-state index in [4.69, 9.17) is 0 Å². The normalized spacial score (nSPS) is 11.5. The van der Waals surface area contributed by atoms with Crippen LogP contribution in [-0.2, 0) is 17.5 Å². The molecular formula is C20H19F3N4O2. The Labute approximate surface area is 164 Å². The first-order valence-corrected chi connectivity index (χ1v) is 8.79. The number of carbonyl (C=O) groups excluding carboxylic acids is 1. The fourth-order valence-electron chi connectivity index (χ4n) is 2.90. The highest BCUT2D eigenvalue weighted by atomic mass is 19.4. The number of halogens is 3. The molecule has 1 heterocycles. The Kier molecular flexibility index (Phi) is 5.58. The van der Waals surface area contributed by atoms with Gasteiger partial charge in [0.15, 0.2) is 0 Å². The Balaban J connectivity index is 1.77. The lowest BCUT2D eigenvalue weighted by Crippen LogP contribution is -2.24. The minimum Gasteiger partial charge on any atom is -0.376 e. The maximum absolute atomic E-state index is 13.0. The molecule has 0 aliphatic heterocycles. The van der Waals surface area contributed by atoms with Crippen LogP contribution < -0.4 is 15.8 Å². The van der Waals surface area contributed by atoms with Crippen molar-refractivity contribution in [3.05, 3.63) is 64.7 Å². The second-order valence-electron chi connectivity index (χ2n) is 6.68. The summed E-state index contributed by atoms with van der Waals surface area (Å²) >= 11 is 0. The van der Waals surface area contributed by atoms with Crippen LogP contribution in [0.5, 0.6) is 0 Å². The predicted octanol–water partition coefficient (Wildman–Crippen LogP) is 3.51. The number of nitrogens with zero attached hydrogens (tertiary/aromatic N) is 3. The van der Waals surface area contributed by atoms with Crippen molar-refractivity contribution < 1.29 is 18.0 Å². The minimum absolute atomic E-state index is 0.0543. The van der Waals surface area contributed by atoms with Crippen molar-refractivity contribution in [2.45, 2.75) is 19.1 Å². The Morgan fingerprint density at radius 3 is 2.59 bits per heavy atom. The number of para-hydroxylation sites is 1. The van der Waals surface area contributed by atoms with Gasteiger partial charge in [0.05, 0.1) is 34.2 Å². The van der Waals surface area contributed by atoms with Crippen LogP contribution in [0.3, 0.4) is 0 Å². The molecule has 152 valence electrons. The quantitative estimate of drug-likeness (QED) is 0.707. The molecule has 2 aromatic carbocycles. The lowest BCUT2D eigenvalue weighted by Gasteiger charge is -2.20. The standard InChI is InChI=1S/C20H19F3N4O2/c1-26(2)17-8-7-13(20(21,22)23)11-16(17)25-18(28)9-10-27-12-24-15-6-4-3-5-14(15)19(27)29/h3-8,11-12H,9-10H2,1-2H3,(H,25,28). The van der Waals surface area contributed by atoms with Gasteiger partial charge in [-0.3, -0.25) is 14.2 Å². The number of alkyl halides is 3. The van der Waals surface area contributed by atoms with Crippen LogP contribution >= 0.6 is 0 Å². The molecule has 0 saturated heterocycles. The number of nitrogens with one attached hydrogen (secondary N) is 1. The predicted molar refractivity (Wildman–Crippen MR) is 105 cm³/mol. The van der Waals surface area contributed by atoms with E-state index in [1.165, 1.54) is 17.0 Å². The maximum Gasteiger partial charge on any atom is 0.416 e. The monoisotopic (exact) mass is 404 g/mol. The number of anilines is 2. The van der Waals surface area contributed by atoms with E-state index in [1.54, 1.807) is 43.3 Å². The van der Waals surface area contributed by atoms with E-state index in [-0.39, 0.29) is 24.2 Å². The molecule has 1 N–H and O–H groups in total. The summed E-state index contributed by atoms with van der Waals surface area (Å²) in [4.78, 5) is 30.6.